The van der Waals surface area contributed by atoms with Crippen LogP contribution in [0, 0.1) is 13.8 Å². The van der Waals surface area contributed by atoms with E-state index in [2.05, 4.69) is 0 Å². The lowest BCUT2D eigenvalue weighted by atomic mass is 10.1. The maximum atomic E-state index is 13.1. The van der Waals surface area contributed by atoms with Gasteiger partial charge in [-0.05, 0) is 66.8 Å². The second kappa shape index (κ2) is 9.16. The summed E-state index contributed by atoms with van der Waals surface area (Å²) in [5, 5.41) is 0. The molecule has 0 aliphatic rings. The van der Waals surface area contributed by atoms with Crippen molar-refractivity contribution in [3.05, 3.63) is 101 Å². The van der Waals surface area contributed by atoms with Crippen LogP contribution in [0.3, 0.4) is 0 Å². The fourth-order valence-corrected chi connectivity index (χ4v) is 3.26. The summed E-state index contributed by atoms with van der Waals surface area (Å²) in [6.07, 6.45) is -3.62. The van der Waals surface area contributed by atoms with E-state index in [4.69, 9.17) is 0 Å². The third kappa shape index (κ3) is 5.50. The zero-order valence-corrected chi connectivity index (χ0v) is 17.0. The summed E-state index contributed by atoms with van der Waals surface area (Å²) in [5.74, 6) is -0.0450. The van der Waals surface area contributed by atoms with Gasteiger partial charge in [0.1, 0.15) is 0 Å². The van der Waals surface area contributed by atoms with Crippen LogP contribution in [0.4, 0.5) is 18.9 Å². The standard InChI is InChI=1S/C25H24F3NO/c1-18-8-13-23(16-19(18)2)29(24(30)17-21-6-4-3-5-7-21)15-14-20-9-11-22(12-10-20)25(26,27)28/h3-13,16H,14-15,17H2,1-2H3. The number of aryl methyl sites for hydroxylation is 2. The Bertz CT molecular complexity index is 995. The Hall–Kier alpha value is -3.08. The van der Waals surface area contributed by atoms with Gasteiger partial charge in [0.05, 0.1) is 12.0 Å². The van der Waals surface area contributed by atoms with Crippen LogP contribution in [0.1, 0.15) is 27.8 Å². The second-order valence-electron chi connectivity index (χ2n) is 7.42. The van der Waals surface area contributed by atoms with Crippen molar-refractivity contribution in [1.29, 1.82) is 0 Å². The first kappa shape index (κ1) is 21.6. The van der Waals surface area contributed by atoms with E-state index in [9.17, 15) is 18.0 Å². The normalized spacial score (nSPS) is 11.4. The highest BCUT2D eigenvalue weighted by Gasteiger charge is 2.30. The first-order valence-corrected chi connectivity index (χ1v) is 9.82. The molecule has 0 aliphatic carbocycles. The van der Waals surface area contributed by atoms with Gasteiger partial charge in [0, 0.05) is 12.2 Å². The summed E-state index contributed by atoms with van der Waals surface area (Å²) in [6.45, 7) is 4.39. The van der Waals surface area contributed by atoms with Gasteiger partial charge in [-0.15, -0.1) is 0 Å². The van der Waals surface area contributed by atoms with Crippen molar-refractivity contribution < 1.29 is 18.0 Å². The number of hydrogen-bond donors (Lipinski definition) is 0. The van der Waals surface area contributed by atoms with Crippen LogP contribution < -0.4 is 4.90 Å². The van der Waals surface area contributed by atoms with E-state index in [-0.39, 0.29) is 12.3 Å². The first-order valence-electron chi connectivity index (χ1n) is 9.82. The molecule has 0 atom stereocenters. The van der Waals surface area contributed by atoms with Gasteiger partial charge in [0.25, 0.3) is 0 Å². The van der Waals surface area contributed by atoms with Gasteiger partial charge in [-0.25, -0.2) is 0 Å². The van der Waals surface area contributed by atoms with Gasteiger partial charge < -0.3 is 4.90 Å². The van der Waals surface area contributed by atoms with E-state index in [1.807, 2.05) is 62.4 Å². The number of carbonyl (C=O) groups is 1. The topological polar surface area (TPSA) is 20.3 Å². The molecule has 3 rings (SSSR count). The Morgan fingerprint density at radius 3 is 2.10 bits per heavy atom. The first-order chi connectivity index (χ1) is 14.2. The van der Waals surface area contributed by atoms with Crippen LogP contribution in [-0.4, -0.2) is 12.5 Å². The predicted molar refractivity (Wildman–Crippen MR) is 114 cm³/mol. The highest BCUT2D eigenvalue weighted by Crippen LogP contribution is 2.29. The average Bonchev–Trinajstić information content (AvgIpc) is 2.71. The van der Waals surface area contributed by atoms with E-state index < -0.39 is 11.7 Å². The molecule has 0 saturated heterocycles. The van der Waals surface area contributed by atoms with E-state index in [1.165, 1.54) is 12.1 Å². The van der Waals surface area contributed by atoms with Crippen LogP contribution in [0.15, 0.2) is 72.8 Å². The van der Waals surface area contributed by atoms with Crippen molar-refractivity contribution in [3.8, 4) is 0 Å². The minimum atomic E-state index is -4.35. The Balaban J connectivity index is 1.80. The zero-order valence-electron chi connectivity index (χ0n) is 17.0. The molecular formula is C25H24F3NO. The Morgan fingerprint density at radius 2 is 1.50 bits per heavy atom. The lowest BCUT2D eigenvalue weighted by Crippen LogP contribution is -2.34. The second-order valence-corrected chi connectivity index (χ2v) is 7.42. The number of anilines is 1. The number of benzene rings is 3. The number of nitrogens with zero attached hydrogens (tertiary/aromatic N) is 1. The largest absolute Gasteiger partial charge is 0.416 e. The van der Waals surface area contributed by atoms with Gasteiger partial charge in [0.2, 0.25) is 5.91 Å². The maximum Gasteiger partial charge on any atom is 0.416 e. The summed E-state index contributed by atoms with van der Waals surface area (Å²) in [4.78, 5) is 14.8. The number of hydrogen-bond acceptors (Lipinski definition) is 1. The Morgan fingerprint density at radius 1 is 0.833 bits per heavy atom. The lowest BCUT2D eigenvalue weighted by Gasteiger charge is -2.24. The van der Waals surface area contributed by atoms with Crippen molar-refractivity contribution in [2.45, 2.75) is 32.9 Å². The van der Waals surface area contributed by atoms with Gasteiger partial charge in [-0.3, -0.25) is 4.79 Å². The summed E-state index contributed by atoms with van der Waals surface area (Å²) in [7, 11) is 0. The summed E-state index contributed by atoms with van der Waals surface area (Å²) in [5.41, 5.74) is 4.02. The highest BCUT2D eigenvalue weighted by molar-refractivity contribution is 5.94. The van der Waals surface area contributed by atoms with E-state index in [0.717, 1.165) is 40.1 Å². The predicted octanol–water partition coefficient (Wildman–Crippen LogP) is 6.14. The van der Waals surface area contributed by atoms with E-state index >= 15 is 0 Å². The molecule has 0 bridgehead atoms. The molecule has 0 radical (unpaired) electrons. The molecule has 0 unspecified atom stereocenters. The lowest BCUT2D eigenvalue weighted by molar-refractivity contribution is -0.137. The molecule has 0 spiro atoms. The molecule has 3 aromatic carbocycles. The Kier molecular flexibility index (Phi) is 6.60. The molecular weight excluding hydrogens is 387 g/mol. The van der Waals surface area contributed by atoms with E-state index in [1.54, 1.807) is 4.90 Å². The molecule has 1 amide bonds. The van der Waals surface area contributed by atoms with Crippen molar-refractivity contribution in [1.82, 2.24) is 0 Å². The van der Waals surface area contributed by atoms with Crippen LogP contribution >= 0.6 is 0 Å². The molecule has 156 valence electrons. The van der Waals surface area contributed by atoms with Crippen LogP contribution in [0.2, 0.25) is 0 Å². The van der Waals surface area contributed by atoms with Crippen LogP contribution in [0.25, 0.3) is 0 Å². The van der Waals surface area contributed by atoms with Gasteiger partial charge in [-0.1, -0.05) is 48.5 Å². The number of carbonyl (C=O) groups excluding carboxylic acids is 1. The number of halogens is 3. The molecule has 0 heterocycles. The minimum Gasteiger partial charge on any atom is -0.312 e. The smallest absolute Gasteiger partial charge is 0.312 e. The van der Waals surface area contributed by atoms with Gasteiger partial charge in [0.15, 0.2) is 0 Å². The number of amides is 1. The molecule has 0 saturated carbocycles. The van der Waals surface area contributed by atoms with Crippen LogP contribution in [0.5, 0.6) is 0 Å². The molecule has 0 aliphatic heterocycles. The van der Waals surface area contributed by atoms with E-state index in [0.29, 0.717) is 13.0 Å². The molecule has 30 heavy (non-hydrogen) atoms. The van der Waals surface area contributed by atoms with Gasteiger partial charge in [-0.2, -0.15) is 13.2 Å². The molecule has 2 nitrogen and oxygen atoms in total. The Labute approximate surface area is 175 Å². The zero-order chi connectivity index (χ0) is 21.7. The summed E-state index contributed by atoms with van der Waals surface area (Å²) >= 11 is 0. The van der Waals surface area contributed by atoms with Crippen molar-refractivity contribution >= 4 is 11.6 Å². The summed E-state index contributed by atoms with van der Waals surface area (Å²) in [6, 6.07) is 20.5. The average molecular weight is 411 g/mol. The molecule has 3 aromatic rings. The molecule has 0 fully saturated rings. The maximum absolute atomic E-state index is 13.1. The number of alkyl halides is 3. The third-order valence-electron chi connectivity index (χ3n) is 5.21. The molecule has 0 N–H and O–H groups in total. The SMILES string of the molecule is Cc1ccc(N(CCc2ccc(C(F)(F)F)cc2)C(=O)Cc2ccccc2)cc1C. The van der Waals surface area contributed by atoms with Gasteiger partial charge >= 0.3 is 6.18 Å². The molecule has 5 heteroatoms. The van der Waals surface area contributed by atoms with Crippen LogP contribution in [-0.2, 0) is 23.8 Å². The fraction of sp³-hybridized carbons (Fsp3) is 0.240. The highest BCUT2D eigenvalue weighted by atomic mass is 19.4. The van der Waals surface area contributed by atoms with Crippen molar-refractivity contribution in [3.63, 3.8) is 0 Å². The quantitative estimate of drug-likeness (QED) is 0.477. The molecule has 0 aromatic heterocycles. The minimum absolute atomic E-state index is 0.0450. The number of rotatable bonds is 6. The third-order valence-corrected chi connectivity index (χ3v) is 5.21. The fourth-order valence-electron chi connectivity index (χ4n) is 3.26. The summed E-state index contributed by atoms with van der Waals surface area (Å²) < 4.78 is 38.4. The monoisotopic (exact) mass is 411 g/mol. The van der Waals surface area contributed by atoms with Crippen molar-refractivity contribution in [2.24, 2.45) is 0 Å². The van der Waals surface area contributed by atoms with Crippen molar-refractivity contribution in [2.75, 3.05) is 11.4 Å².